The minimum Gasteiger partial charge on any atom is -0.332 e. The molecule has 1 amide bonds. The number of rotatable bonds is 4. The van der Waals surface area contributed by atoms with E-state index in [1.165, 1.54) is 4.88 Å². The molecule has 1 saturated carbocycles. The van der Waals surface area contributed by atoms with E-state index in [0.29, 0.717) is 12.4 Å². The normalized spacial score (nSPS) is 22.9. The molecule has 1 unspecified atom stereocenters. The molecule has 0 spiro atoms. The molecule has 2 aromatic heterocycles. The number of carbonyl (C=O) groups excluding carboxylic acids is 1. The average Bonchev–Trinajstić information content (AvgIpc) is 3.45. The van der Waals surface area contributed by atoms with Gasteiger partial charge in [-0.05, 0) is 43.6 Å². The van der Waals surface area contributed by atoms with E-state index in [2.05, 4.69) is 27.4 Å². The van der Waals surface area contributed by atoms with Crippen molar-refractivity contribution in [3.05, 3.63) is 49.8 Å². The fraction of sp³-hybridized carbons (Fsp3) is 0.571. The molecule has 0 radical (unpaired) electrons. The fourth-order valence-corrected chi connectivity index (χ4v) is 5.21. The number of hydrogen-bond donors (Lipinski definition) is 1. The first-order valence-electron chi connectivity index (χ1n) is 10.4. The lowest BCUT2D eigenvalue weighted by Crippen LogP contribution is -2.42. The molecule has 6 nitrogen and oxygen atoms in total. The predicted molar refractivity (Wildman–Crippen MR) is 108 cm³/mol. The number of piperidine rings is 1. The van der Waals surface area contributed by atoms with E-state index < -0.39 is 0 Å². The number of likely N-dealkylation sites (tertiary alicyclic amines) is 1. The van der Waals surface area contributed by atoms with Crippen LogP contribution in [0.5, 0.6) is 0 Å². The Bertz CT molecular complexity index is 919. The second-order valence-electron chi connectivity index (χ2n) is 8.23. The molecule has 3 aliphatic rings. The van der Waals surface area contributed by atoms with Crippen LogP contribution in [-0.4, -0.2) is 38.8 Å². The highest BCUT2D eigenvalue weighted by Gasteiger charge is 2.38. The van der Waals surface area contributed by atoms with E-state index in [9.17, 15) is 9.59 Å². The molecule has 1 aliphatic carbocycles. The van der Waals surface area contributed by atoms with Gasteiger partial charge in [0.05, 0.1) is 17.3 Å². The molecule has 0 bridgehead atoms. The van der Waals surface area contributed by atoms with Gasteiger partial charge in [0.2, 0.25) is 5.91 Å². The van der Waals surface area contributed by atoms with Gasteiger partial charge in [-0.25, -0.2) is 4.98 Å². The molecule has 7 heteroatoms. The number of nitrogens with one attached hydrogen (secondary N) is 1. The fourth-order valence-electron chi connectivity index (χ4n) is 4.46. The molecular formula is C21H26N4O2S. The lowest BCUT2D eigenvalue weighted by molar-refractivity contribution is -0.136. The summed E-state index contributed by atoms with van der Waals surface area (Å²) in [6.45, 7) is 3.22. The number of amides is 1. The summed E-state index contributed by atoms with van der Waals surface area (Å²) in [5.41, 5.74) is 1.69. The van der Waals surface area contributed by atoms with Crippen LogP contribution in [0.4, 0.5) is 0 Å². The van der Waals surface area contributed by atoms with Crippen molar-refractivity contribution in [3.8, 4) is 0 Å². The molecule has 5 rings (SSSR count). The van der Waals surface area contributed by atoms with E-state index in [1.807, 2.05) is 4.90 Å². The minimum atomic E-state index is -0.0657. The van der Waals surface area contributed by atoms with Gasteiger partial charge >= 0.3 is 0 Å². The van der Waals surface area contributed by atoms with Crippen molar-refractivity contribution in [2.75, 3.05) is 13.1 Å². The Morgan fingerprint density at radius 2 is 2.14 bits per heavy atom. The van der Waals surface area contributed by atoms with Crippen LogP contribution in [0.3, 0.4) is 0 Å². The second-order valence-corrected chi connectivity index (χ2v) is 9.27. The quantitative estimate of drug-likeness (QED) is 0.860. The molecule has 1 atom stereocenters. The Kier molecular flexibility index (Phi) is 4.80. The summed E-state index contributed by atoms with van der Waals surface area (Å²) in [6.07, 6.45) is 5.83. The smallest absolute Gasteiger partial charge is 0.255 e. The highest BCUT2D eigenvalue weighted by Crippen LogP contribution is 2.37. The first-order chi connectivity index (χ1) is 13.7. The van der Waals surface area contributed by atoms with Gasteiger partial charge in [0, 0.05) is 43.4 Å². The Balaban J connectivity index is 1.38. The number of nitrogens with zero attached hydrogens (tertiary/aromatic N) is 3. The minimum absolute atomic E-state index is 0.0275. The zero-order chi connectivity index (χ0) is 19.1. The number of H-pyrrole nitrogens is 1. The molecule has 2 aromatic rings. The molecule has 2 aliphatic heterocycles. The van der Waals surface area contributed by atoms with Crippen LogP contribution in [0.2, 0.25) is 0 Å². The van der Waals surface area contributed by atoms with E-state index in [4.69, 9.17) is 4.98 Å². The Morgan fingerprint density at radius 3 is 2.93 bits per heavy atom. The number of carbonyl (C=O) groups is 1. The van der Waals surface area contributed by atoms with Crippen LogP contribution in [0.25, 0.3) is 0 Å². The van der Waals surface area contributed by atoms with Gasteiger partial charge < -0.3 is 9.88 Å². The Hall–Kier alpha value is -1.99. The highest BCUT2D eigenvalue weighted by atomic mass is 32.1. The largest absolute Gasteiger partial charge is 0.332 e. The highest BCUT2D eigenvalue weighted by molar-refractivity contribution is 7.09. The maximum Gasteiger partial charge on any atom is 0.255 e. The molecule has 1 saturated heterocycles. The van der Waals surface area contributed by atoms with Crippen molar-refractivity contribution in [1.29, 1.82) is 0 Å². The number of aromatic nitrogens is 2. The van der Waals surface area contributed by atoms with E-state index >= 15 is 0 Å². The van der Waals surface area contributed by atoms with Gasteiger partial charge in [0.15, 0.2) is 0 Å². The molecule has 148 valence electrons. The summed E-state index contributed by atoms with van der Waals surface area (Å²) >= 11 is 1.75. The zero-order valence-electron chi connectivity index (χ0n) is 16.0. The van der Waals surface area contributed by atoms with E-state index in [-0.39, 0.29) is 23.4 Å². The number of hydrogen-bond acceptors (Lipinski definition) is 5. The van der Waals surface area contributed by atoms with Gasteiger partial charge in [-0.3, -0.25) is 14.5 Å². The summed E-state index contributed by atoms with van der Waals surface area (Å²) in [6, 6.07) is 4.14. The maximum absolute atomic E-state index is 12.9. The van der Waals surface area contributed by atoms with Crippen LogP contribution in [-0.2, 0) is 24.3 Å². The number of aromatic amines is 1. The SMILES string of the molecule is O=C(C1CC1)N1CCCCC1c1nc2c(c(=O)[nH]1)CN(Cc1cccs1)CC2. The monoisotopic (exact) mass is 398 g/mol. The third-order valence-electron chi connectivity index (χ3n) is 6.15. The number of fused-ring (bicyclic) bond motifs is 1. The Morgan fingerprint density at radius 1 is 1.25 bits per heavy atom. The summed E-state index contributed by atoms with van der Waals surface area (Å²) in [5, 5.41) is 2.09. The van der Waals surface area contributed by atoms with Crippen molar-refractivity contribution in [3.63, 3.8) is 0 Å². The molecule has 0 aromatic carbocycles. The number of thiophene rings is 1. The van der Waals surface area contributed by atoms with Crippen molar-refractivity contribution >= 4 is 17.2 Å². The molecular weight excluding hydrogens is 372 g/mol. The summed E-state index contributed by atoms with van der Waals surface area (Å²) in [5.74, 6) is 1.16. The summed E-state index contributed by atoms with van der Waals surface area (Å²) in [7, 11) is 0. The third-order valence-corrected chi connectivity index (χ3v) is 7.01. The summed E-state index contributed by atoms with van der Waals surface area (Å²) in [4.78, 5) is 39.1. The van der Waals surface area contributed by atoms with Crippen molar-refractivity contribution in [1.82, 2.24) is 19.8 Å². The first kappa shape index (κ1) is 18.1. The van der Waals surface area contributed by atoms with E-state index in [1.54, 1.807) is 11.3 Å². The average molecular weight is 399 g/mol. The van der Waals surface area contributed by atoms with Gasteiger partial charge in [0.25, 0.3) is 5.56 Å². The van der Waals surface area contributed by atoms with Crippen molar-refractivity contribution < 1.29 is 4.79 Å². The Labute approximate surface area is 168 Å². The van der Waals surface area contributed by atoms with Crippen LogP contribution in [0, 0.1) is 5.92 Å². The molecule has 28 heavy (non-hydrogen) atoms. The predicted octanol–water partition coefficient (Wildman–Crippen LogP) is 2.85. The van der Waals surface area contributed by atoms with E-state index in [0.717, 1.165) is 69.4 Å². The lowest BCUT2D eigenvalue weighted by Gasteiger charge is -2.36. The zero-order valence-corrected chi connectivity index (χ0v) is 16.8. The van der Waals surface area contributed by atoms with Gasteiger partial charge in [0.1, 0.15) is 5.82 Å². The van der Waals surface area contributed by atoms with Crippen molar-refractivity contribution in [2.45, 2.75) is 57.7 Å². The first-order valence-corrected chi connectivity index (χ1v) is 11.2. The van der Waals surface area contributed by atoms with Crippen LogP contribution in [0.1, 0.15) is 60.1 Å². The van der Waals surface area contributed by atoms with Crippen LogP contribution < -0.4 is 5.56 Å². The van der Waals surface area contributed by atoms with Crippen molar-refractivity contribution in [2.24, 2.45) is 5.92 Å². The van der Waals surface area contributed by atoms with Gasteiger partial charge in [-0.15, -0.1) is 11.3 Å². The molecule has 1 N–H and O–H groups in total. The van der Waals surface area contributed by atoms with Gasteiger partial charge in [-0.1, -0.05) is 6.07 Å². The topological polar surface area (TPSA) is 69.3 Å². The second kappa shape index (κ2) is 7.44. The summed E-state index contributed by atoms with van der Waals surface area (Å²) < 4.78 is 0. The van der Waals surface area contributed by atoms with Gasteiger partial charge in [-0.2, -0.15) is 0 Å². The standard InChI is InChI=1S/C21H26N4O2S/c26-20-16-13-24(12-15-4-3-11-28-15)10-8-17(16)22-19(23-20)18-5-1-2-9-25(18)21(27)14-6-7-14/h3-4,11,14,18H,1-2,5-10,12-13H2,(H,22,23,26). The van der Waals surface area contributed by atoms with Crippen LogP contribution >= 0.6 is 11.3 Å². The molecule has 2 fully saturated rings. The maximum atomic E-state index is 12.9. The molecule has 4 heterocycles. The third kappa shape index (κ3) is 3.53. The van der Waals surface area contributed by atoms with Crippen LogP contribution in [0.15, 0.2) is 22.3 Å². The lowest BCUT2D eigenvalue weighted by atomic mass is 9.99.